The SMILES string of the molecule is CCSC1(CNC(=NC)NCc2ccccc2F)CCOCC1. The molecule has 1 saturated heterocycles. The number of halogens is 1. The van der Waals surface area contributed by atoms with E-state index in [0.717, 1.165) is 38.4 Å². The Morgan fingerprint density at radius 3 is 2.70 bits per heavy atom. The lowest BCUT2D eigenvalue weighted by atomic mass is 9.99. The number of thioether (sulfide) groups is 1. The van der Waals surface area contributed by atoms with E-state index in [1.807, 2.05) is 17.8 Å². The molecule has 1 aromatic carbocycles. The van der Waals surface area contributed by atoms with Crippen molar-refractivity contribution in [2.24, 2.45) is 4.99 Å². The minimum absolute atomic E-state index is 0.196. The lowest BCUT2D eigenvalue weighted by molar-refractivity contribution is 0.0782. The molecule has 0 aromatic heterocycles. The summed E-state index contributed by atoms with van der Waals surface area (Å²) in [6, 6.07) is 6.79. The fraction of sp³-hybridized carbons (Fsp3) is 0.588. The molecule has 1 heterocycles. The molecule has 6 heteroatoms. The monoisotopic (exact) mass is 339 g/mol. The minimum Gasteiger partial charge on any atom is -0.381 e. The summed E-state index contributed by atoms with van der Waals surface area (Å²) in [5.41, 5.74) is 0.638. The highest BCUT2D eigenvalue weighted by Crippen LogP contribution is 2.34. The summed E-state index contributed by atoms with van der Waals surface area (Å²) in [5, 5.41) is 6.58. The summed E-state index contributed by atoms with van der Waals surface area (Å²) in [4.78, 5) is 4.24. The minimum atomic E-state index is -0.196. The molecule has 2 N–H and O–H groups in total. The second kappa shape index (κ2) is 9.13. The van der Waals surface area contributed by atoms with E-state index < -0.39 is 0 Å². The van der Waals surface area contributed by atoms with Gasteiger partial charge in [0.2, 0.25) is 0 Å². The Labute approximate surface area is 142 Å². The van der Waals surface area contributed by atoms with Crippen LogP contribution in [0.3, 0.4) is 0 Å². The molecule has 0 spiro atoms. The van der Waals surface area contributed by atoms with E-state index in [2.05, 4.69) is 22.5 Å². The third kappa shape index (κ3) is 5.39. The fourth-order valence-electron chi connectivity index (χ4n) is 2.71. The summed E-state index contributed by atoms with van der Waals surface area (Å²) in [7, 11) is 1.74. The molecule has 1 fully saturated rings. The van der Waals surface area contributed by atoms with Crippen LogP contribution in [0.25, 0.3) is 0 Å². The van der Waals surface area contributed by atoms with Crippen LogP contribution >= 0.6 is 11.8 Å². The van der Waals surface area contributed by atoms with Gasteiger partial charge in [0.05, 0.1) is 0 Å². The highest BCUT2D eigenvalue weighted by atomic mass is 32.2. The molecule has 0 amide bonds. The lowest BCUT2D eigenvalue weighted by Gasteiger charge is -2.37. The first-order valence-corrected chi connectivity index (χ1v) is 9.07. The Morgan fingerprint density at radius 2 is 2.04 bits per heavy atom. The van der Waals surface area contributed by atoms with Crippen molar-refractivity contribution in [3.05, 3.63) is 35.6 Å². The maximum atomic E-state index is 13.7. The van der Waals surface area contributed by atoms with E-state index in [1.165, 1.54) is 6.07 Å². The van der Waals surface area contributed by atoms with Gasteiger partial charge in [-0.25, -0.2) is 4.39 Å². The summed E-state index contributed by atoms with van der Waals surface area (Å²) in [6.45, 7) is 5.08. The first-order chi connectivity index (χ1) is 11.2. The third-order valence-corrected chi connectivity index (χ3v) is 5.51. The zero-order valence-electron chi connectivity index (χ0n) is 13.9. The average molecular weight is 339 g/mol. The van der Waals surface area contributed by atoms with E-state index in [-0.39, 0.29) is 10.6 Å². The van der Waals surface area contributed by atoms with Crippen LogP contribution in [0.15, 0.2) is 29.3 Å². The summed E-state index contributed by atoms with van der Waals surface area (Å²) in [5.74, 6) is 1.59. The van der Waals surface area contributed by atoms with Gasteiger partial charge in [-0.15, -0.1) is 0 Å². The van der Waals surface area contributed by atoms with Crippen molar-refractivity contribution < 1.29 is 9.13 Å². The van der Waals surface area contributed by atoms with E-state index in [0.29, 0.717) is 18.1 Å². The maximum Gasteiger partial charge on any atom is 0.191 e. The van der Waals surface area contributed by atoms with Gasteiger partial charge in [0.15, 0.2) is 5.96 Å². The number of nitrogens with one attached hydrogen (secondary N) is 2. The highest BCUT2D eigenvalue weighted by molar-refractivity contribution is 8.00. The second-order valence-electron chi connectivity index (χ2n) is 5.60. The van der Waals surface area contributed by atoms with Gasteiger partial charge < -0.3 is 15.4 Å². The standard InChI is InChI=1S/C17H26FN3OS/c1-3-23-17(8-10-22-11-9-17)13-21-16(19-2)20-12-14-6-4-5-7-15(14)18/h4-7H,3,8-13H2,1-2H3,(H2,19,20,21). The molecular weight excluding hydrogens is 313 g/mol. The van der Waals surface area contributed by atoms with Gasteiger partial charge in [-0.05, 0) is 24.7 Å². The van der Waals surface area contributed by atoms with Crippen molar-refractivity contribution in [3.63, 3.8) is 0 Å². The first-order valence-electron chi connectivity index (χ1n) is 8.09. The van der Waals surface area contributed by atoms with Crippen LogP contribution in [0.4, 0.5) is 4.39 Å². The number of hydrogen-bond donors (Lipinski definition) is 2. The van der Waals surface area contributed by atoms with Crippen LogP contribution in [-0.4, -0.2) is 43.3 Å². The third-order valence-electron chi connectivity index (χ3n) is 4.06. The fourth-order valence-corrected chi connectivity index (χ4v) is 3.95. The van der Waals surface area contributed by atoms with Crippen molar-refractivity contribution >= 4 is 17.7 Å². The van der Waals surface area contributed by atoms with Crippen LogP contribution in [0.5, 0.6) is 0 Å². The molecule has 0 atom stereocenters. The maximum absolute atomic E-state index is 13.7. The number of aliphatic imine (C=N–C) groups is 1. The van der Waals surface area contributed by atoms with Crippen molar-refractivity contribution in [1.29, 1.82) is 0 Å². The van der Waals surface area contributed by atoms with Crippen molar-refractivity contribution in [3.8, 4) is 0 Å². The van der Waals surface area contributed by atoms with Crippen molar-refractivity contribution in [2.75, 3.05) is 32.6 Å². The topological polar surface area (TPSA) is 45.7 Å². The van der Waals surface area contributed by atoms with Gasteiger partial charge in [0.1, 0.15) is 5.82 Å². The second-order valence-corrected chi connectivity index (χ2v) is 7.33. The van der Waals surface area contributed by atoms with Crippen LogP contribution < -0.4 is 10.6 Å². The molecule has 0 saturated carbocycles. The Morgan fingerprint density at radius 1 is 1.30 bits per heavy atom. The molecule has 1 aliphatic heterocycles. The molecule has 0 radical (unpaired) electrons. The van der Waals surface area contributed by atoms with E-state index >= 15 is 0 Å². The molecule has 128 valence electrons. The lowest BCUT2D eigenvalue weighted by Crippen LogP contribution is -2.48. The normalized spacial score (nSPS) is 17.8. The molecule has 1 aliphatic rings. The molecule has 4 nitrogen and oxygen atoms in total. The molecule has 0 aliphatic carbocycles. The Kier molecular flexibility index (Phi) is 7.17. The molecule has 0 unspecified atom stereocenters. The Balaban J connectivity index is 1.88. The van der Waals surface area contributed by atoms with E-state index in [9.17, 15) is 4.39 Å². The Bertz CT molecular complexity index is 513. The average Bonchev–Trinajstić information content (AvgIpc) is 2.57. The molecular formula is C17H26FN3OS. The number of rotatable bonds is 6. The van der Waals surface area contributed by atoms with Gasteiger partial charge in [-0.2, -0.15) is 11.8 Å². The molecule has 1 aromatic rings. The predicted octanol–water partition coefficient (Wildman–Crippen LogP) is 2.79. The predicted molar refractivity (Wildman–Crippen MR) is 95.5 cm³/mol. The van der Waals surface area contributed by atoms with Crippen molar-refractivity contribution in [1.82, 2.24) is 10.6 Å². The van der Waals surface area contributed by atoms with Gasteiger partial charge in [0, 0.05) is 43.7 Å². The largest absolute Gasteiger partial charge is 0.381 e. The zero-order chi connectivity index (χ0) is 16.5. The van der Waals surface area contributed by atoms with Crippen LogP contribution in [-0.2, 0) is 11.3 Å². The van der Waals surface area contributed by atoms with Crippen LogP contribution in [0.2, 0.25) is 0 Å². The van der Waals surface area contributed by atoms with E-state index in [4.69, 9.17) is 4.74 Å². The number of benzene rings is 1. The quantitative estimate of drug-likeness (QED) is 0.618. The summed E-state index contributed by atoms with van der Waals surface area (Å²) in [6.07, 6.45) is 2.09. The Hall–Kier alpha value is -1.27. The molecule has 0 bridgehead atoms. The van der Waals surface area contributed by atoms with Crippen molar-refractivity contribution in [2.45, 2.75) is 31.1 Å². The first kappa shape index (κ1) is 18.1. The highest BCUT2D eigenvalue weighted by Gasteiger charge is 2.32. The molecule has 2 rings (SSSR count). The molecule has 23 heavy (non-hydrogen) atoms. The summed E-state index contributed by atoms with van der Waals surface area (Å²) >= 11 is 1.98. The smallest absolute Gasteiger partial charge is 0.191 e. The number of ether oxygens (including phenoxy) is 1. The van der Waals surface area contributed by atoms with E-state index in [1.54, 1.807) is 19.2 Å². The van der Waals surface area contributed by atoms with Gasteiger partial charge in [-0.1, -0.05) is 25.1 Å². The number of hydrogen-bond acceptors (Lipinski definition) is 3. The van der Waals surface area contributed by atoms with Gasteiger partial charge >= 0.3 is 0 Å². The van der Waals surface area contributed by atoms with Gasteiger partial charge in [-0.3, -0.25) is 4.99 Å². The van der Waals surface area contributed by atoms with Crippen LogP contribution in [0.1, 0.15) is 25.3 Å². The summed E-state index contributed by atoms with van der Waals surface area (Å²) < 4.78 is 19.4. The number of nitrogens with zero attached hydrogens (tertiary/aromatic N) is 1. The number of guanidine groups is 1. The van der Waals surface area contributed by atoms with Gasteiger partial charge in [0.25, 0.3) is 0 Å². The zero-order valence-corrected chi connectivity index (χ0v) is 14.7. The van der Waals surface area contributed by atoms with Crippen LogP contribution in [0, 0.1) is 5.82 Å².